The summed E-state index contributed by atoms with van der Waals surface area (Å²) >= 11 is 0. The molecule has 0 spiro atoms. The summed E-state index contributed by atoms with van der Waals surface area (Å²) in [5.41, 5.74) is 3.70. The maximum absolute atomic E-state index is 12.5. The first kappa shape index (κ1) is 22.1. The average Bonchev–Trinajstić information content (AvgIpc) is 3.31. The van der Waals surface area contributed by atoms with Crippen molar-refractivity contribution >= 4 is 16.9 Å². The molecule has 2 heterocycles. The molecule has 0 saturated carbocycles. The van der Waals surface area contributed by atoms with Gasteiger partial charge in [0.25, 0.3) is 0 Å². The molecule has 1 saturated heterocycles. The number of piperidine rings is 1. The Labute approximate surface area is 187 Å². The van der Waals surface area contributed by atoms with E-state index in [4.69, 9.17) is 14.1 Å². The molecule has 1 aliphatic heterocycles. The van der Waals surface area contributed by atoms with Crippen molar-refractivity contribution in [3.63, 3.8) is 0 Å². The van der Waals surface area contributed by atoms with Crippen LogP contribution in [0, 0.1) is 5.92 Å². The predicted molar refractivity (Wildman–Crippen MR) is 120 cm³/mol. The SMILES string of the molecule is COc1ccc(CNC(=O)CC[C@H]2CCCN(Cc3cccc4nonc34)C2)c(OC)c1. The second kappa shape index (κ2) is 10.5. The standard InChI is InChI=1S/C24H30N4O4/c1-30-20-10-9-18(22(13-20)31-2)14-25-23(29)11-8-17-5-4-12-28(15-17)16-19-6-3-7-21-24(19)27-32-26-21/h3,6-7,9-10,13,17H,4-5,8,11-12,14-16H2,1-2H3,(H,25,29)/t17-/m1/s1. The van der Waals surface area contributed by atoms with Gasteiger partial charge in [-0.15, -0.1) is 0 Å². The number of methoxy groups -OCH3 is 2. The molecule has 32 heavy (non-hydrogen) atoms. The molecule has 0 unspecified atom stereocenters. The van der Waals surface area contributed by atoms with Crippen LogP contribution in [0.3, 0.4) is 0 Å². The van der Waals surface area contributed by atoms with E-state index in [9.17, 15) is 4.79 Å². The smallest absolute Gasteiger partial charge is 0.220 e. The molecule has 0 aliphatic carbocycles. The molecule has 1 aliphatic rings. The Morgan fingerprint density at radius 2 is 2.09 bits per heavy atom. The average molecular weight is 439 g/mol. The van der Waals surface area contributed by atoms with E-state index in [1.54, 1.807) is 14.2 Å². The Bertz CT molecular complexity index is 1050. The van der Waals surface area contributed by atoms with Crippen LogP contribution in [0.5, 0.6) is 11.5 Å². The van der Waals surface area contributed by atoms with Crippen molar-refractivity contribution in [1.29, 1.82) is 0 Å². The van der Waals surface area contributed by atoms with E-state index in [0.29, 0.717) is 24.6 Å². The molecule has 1 amide bonds. The molecule has 1 aromatic heterocycles. The van der Waals surface area contributed by atoms with Gasteiger partial charge in [0.15, 0.2) is 0 Å². The predicted octanol–water partition coefficient (Wildman–Crippen LogP) is 3.55. The molecule has 0 bridgehead atoms. The van der Waals surface area contributed by atoms with Gasteiger partial charge in [-0.1, -0.05) is 12.1 Å². The van der Waals surface area contributed by atoms with Gasteiger partial charge in [0.2, 0.25) is 5.91 Å². The van der Waals surface area contributed by atoms with Gasteiger partial charge in [-0.05, 0) is 65.8 Å². The highest BCUT2D eigenvalue weighted by Crippen LogP contribution is 2.26. The number of benzene rings is 2. The lowest BCUT2D eigenvalue weighted by Gasteiger charge is -2.32. The number of hydrogen-bond acceptors (Lipinski definition) is 7. The van der Waals surface area contributed by atoms with E-state index in [0.717, 1.165) is 66.8 Å². The summed E-state index contributed by atoms with van der Waals surface area (Å²) in [4.78, 5) is 14.9. The number of nitrogens with zero attached hydrogens (tertiary/aromatic N) is 3. The monoisotopic (exact) mass is 438 g/mol. The van der Waals surface area contributed by atoms with Crippen molar-refractivity contribution in [2.75, 3.05) is 27.3 Å². The normalized spacial score (nSPS) is 16.8. The molecule has 1 atom stereocenters. The van der Waals surface area contributed by atoms with Gasteiger partial charge in [0.05, 0.1) is 14.2 Å². The zero-order valence-corrected chi connectivity index (χ0v) is 18.7. The molecule has 1 fully saturated rings. The van der Waals surface area contributed by atoms with Crippen LogP contribution < -0.4 is 14.8 Å². The number of carbonyl (C=O) groups excluding carboxylic acids is 1. The fraction of sp³-hybridized carbons (Fsp3) is 0.458. The van der Waals surface area contributed by atoms with Gasteiger partial charge < -0.3 is 14.8 Å². The van der Waals surface area contributed by atoms with E-state index in [1.807, 2.05) is 30.3 Å². The van der Waals surface area contributed by atoms with Crippen LogP contribution in [0.25, 0.3) is 11.0 Å². The fourth-order valence-electron chi connectivity index (χ4n) is 4.38. The van der Waals surface area contributed by atoms with Gasteiger partial charge in [-0.25, -0.2) is 4.63 Å². The second-order valence-corrected chi connectivity index (χ2v) is 8.29. The number of carbonyl (C=O) groups is 1. The largest absolute Gasteiger partial charge is 0.497 e. The van der Waals surface area contributed by atoms with E-state index in [-0.39, 0.29) is 5.91 Å². The molecular formula is C24H30N4O4. The summed E-state index contributed by atoms with van der Waals surface area (Å²) in [5, 5.41) is 11.0. The molecule has 3 aromatic rings. The van der Waals surface area contributed by atoms with Crippen LogP contribution in [-0.2, 0) is 17.9 Å². The van der Waals surface area contributed by atoms with Crippen LogP contribution in [-0.4, -0.2) is 48.4 Å². The lowest BCUT2D eigenvalue weighted by atomic mass is 9.93. The zero-order valence-electron chi connectivity index (χ0n) is 18.7. The highest BCUT2D eigenvalue weighted by molar-refractivity contribution is 5.77. The van der Waals surface area contributed by atoms with Crippen molar-refractivity contribution in [3.05, 3.63) is 47.5 Å². The summed E-state index contributed by atoms with van der Waals surface area (Å²) in [6, 6.07) is 11.6. The summed E-state index contributed by atoms with van der Waals surface area (Å²) in [6.07, 6.45) is 3.71. The van der Waals surface area contributed by atoms with E-state index in [1.165, 1.54) is 0 Å². The van der Waals surface area contributed by atoms with Gasteiger partial charge in [-0.3, -0.25) is 9.69 Å². The summed E-state index contributed by atoms with van der Waals surface area (Å²) < 4.78 is 15.5. The minimum absolute atomic E-state index is 0.0680. The Morgan fingerprint density at radius 1 is 1.19 bits per heavy atom. The maximum Gasteiger partial charge on any atom is 0.220 e. The molecular weight excluding hydrogens is 408 g/mol. The molecule has 170 valence electrons. The Kier molecular flexibility index (Phi) is 7.21. The van der Waals surface area contributed by atoms with Crippen molar-refractivity contribution in [3.8, 4) is 11.5 Å². The third kappa shape index (κ3) is 5.37. The summed E-state index contributed by atoms with van der Waals surface area (Å²) in [6.45, 7) is 3.31. The highest BCUT2D eigenvalue weighted by Gasteiger charge is 2.22. The van der Waals surface area contributed by atoms with Gasteiger partial charge in [-0.2, -0.15) is 0 Å². The molecule has 8 heteroatoms. The van der Waals surface area contributed by atoms with Crippen LogP contribution in [0.2, 0.25) is 0 Å². The molecule has 0 radical (unpaired) electrons. The first-order valence-electron chi connectivity index (χ1n) is 11.1. The number of fused-ring (bicyclic) bond motifs is 1. The van der Waals surface area contributed by atoms with Crippen LogP contribution in [0.15, 0.2) is 41.0 Å². The van der Waals surface area contributed by atoms with Crippen molar-refractivity contribution in [2.45, 2.75) is 38.8 Å². The zero-order chi connectivity index (χ0) is 22.3. The molecule has 4 rings (SSSR count). The van der Waals surface area contributed by atoms with E-state index < -0.39 is 0 Å². The molecule has 1 N–H and O–H groups in total. The Morgan fingerprint density at radius 3 is 2.94 bits per heavy atom. The lowest BCUT2D eigenvalue weighted by Crippen LogP contribution is -2.35. The third-order valence-corrected chi connectivity index (χ3v) is 6.12. The van der Waals surface area contributed by atoms with E-state index in [2.05, 4.69) is 26.6 Å². The van der Waals surface area contributed by atoms with Crippen molar-refractivity contribution in [2.24, 2.45) is 5.92 Å². The first-order valence-corrected chi connectivity index (χ1v) is 11.1. The highest BCUT2D eigenvalue weighted by atomic mass is 16.6. The second-order valence-electron chi connectivity index (χ2n) is 8.29. The minimum atomic E-state index is 0.0680. The summed E-state index contributed by atoms with van der Waals surface area (Å²) in [7, 11) is 3.24. The number of nitrogens with one attached hydrogen (secondary N) is 1. The number of hydrogen-bond donors (Lipinski definition) is 1. The maximum atomic E-state index is 12.5. The number of amides is 1. The van der Waals surface area contributed by atoms with Crippen LogP contribution >= 0.6 is 0 Å². The Balaban J connectivity index is 1.25. The van der Waals surface area contributed by atoms with Gasteiger partial charge in [0, 0.05) is 37.7 Å². The van der Waals surface area contributed by atoms with Gasteiger partial charge >= 0.3 is 0 Å². The topological polar surface area (TPSA) is 89.7 Å². The molecule has 8 nitrogen and oxygen atoms in total. The van der Waals surface area contributed by atoms with Gasteiger partial charge in [0.1, 0.15) is 22.5 Å². The van der Waals surface area contributed by atoms with Crippen LogP contribution in [0.1, 0.15) is 36.8 Å². The molecule has 2 aromatic carbocycles. The fourth-order valence-corrected chi connectivity index (χ4v) is 4.38. The van der Waals surface area contributed by atoms with Crippen molar-refractivity contribution in [1.82, 2.24) is 20.5 Å². The first-order chi connectivity index (χ1) is 15.7. The Hall–Kier alpha value is -3.13. The lowest BCUT2D eigenvalue weighted by molar-refractivity contribution is -0.121. The van der Waals surface area contributed by atoms with E-state index >= 15 is 0 Å². The third-order valence-electron chi connectivity index (χ3n) is 6.12. The number of aromatic nitrogens is 2. The number of rotatable bonds is 9. The number of ether oxygens (including phenoxy) is 2. The minimum Gasteiger partial charge on any atom is -0.497 e. The van der Waals surface area contributed by atoms with Crippen LogP contribution in [0.4, 0.5) is 0 Å². The quantitative estimate of drug-likeness (QED) is 0.546. The number of likely N-dealkylation sites (tertiary alicyclic amines) is 1. The summed E-state index contributed by atoms with van der Waals surface area (Å²) in [5.74, 6) is 2.03. The van der Waals surface area contributed by atoms with Crippen molar-refractivity contribution < 1.29 is 18.9 Å².